The van der Waals surface area contributed by atoms with Crippen LogP contribution in [0.3, 0.4) is 0 Å². The lowest BCUT2D eigenvalue weighted by Crippen LogP contribution is -2.13. The highest BCUT2D eigenvalue weighted by Gasteiger charge is 2.33. The van der Waals surface area contributed by atoms with Crippen LogP contribution in [-0.4, -0.2) is 25.9 Å². The van der Waals surface area contributed by atoms with Crippen molar-refractivity contribution in [3.05, 3.63) is 65.4 Å². The molecule has 0 aliphatic rings. The van der Waals surface area contributed by atoms with Crippen LogP contribution in [0.4, 0.5) is 23.4 Å². The zero-order valence-electron chi connectivity index (χ0n) is 12.5. The summed E-state index contributed by atoms with van der Waals surface area (Å²) in [4.78, 5) is 11.9. The summed E-state index contributed by atoms with van der Waals surface area (Å²) in [5.74, 6) is -1.07. The largest absolute Gasteiger partial charge is 0.432 e. The van der Waals surface area contributed by atoms with E-state index in [2.05, 4.69) is 15.5 Å². The Morgan fingerprint density at radius 2 is 2.04 bits per heavy atom. The van der Waals surface area contributed by atoms with Gasteiger partial charge in [-0.25, -0.2) is 4.39 Å². The minimum absolute atomic E-state index is 0.137. The van der Waals surface area contributed by atoms with Crippen molar-refractivity contribution in [3.8, 4) is 0 Å². The highest BCUT2D eigenvalue weighted by molar-refractivity contribution is 6.02. The quantitative estimate of drug-likeness (QED) is 0.708. The maximum atomic E-state index is 13.1. The molecule has 0 radical (unpaired) electrons. The van der Waals surface area contributed by atoms with E-state index in [1.807, 2.05) is 0 Å². The summed E-state index contributed by atoms with van der Waals surface area (Å²) in [5, 5.41) is 11.5. The van der Waals surface area contributed by atoms with Crippen molar-refractivity contribution in [2.45, 2.75) is 12.7 Å². The van der Waals surface area contributed by atoms with Crippen LogP contribution in [-0.2, 0) is 12.7 Å². The Labute approximate surface area is 138 Å². The van der Waals surface area contributed by atoms with Crippen LogP contribution in [0.25, 0.3) is 0 Å². The summed E-state index contributed by atoms with van der Waals surface area (Å²) in [7, 11) is 0. The zero-order chi connectivity index (χ0) is 18.0. The summed E-state index contributed by atoms with van der Waals surface area (Å²) >= 11 is 0. The van der Waals surface area contributed by atoms with Crippen LogP contribution in [0, 0.1) is 5.82 Å². The average Bonchev–Trinajstić information content (AvgIpc) is 3.16. The molecule has 3 rings (SSSR count). The molecule has 0 spiro atoms. The maximum absolute atomic E-state index is 13.1. The summed E-state index contributed by atoms with van der Waals surface area (Å²) < 4.78 is 52.1. The molecule has 2 aromatic heterocycles. The van der Waals surface area contributed by atoms with Crippen molar-refractivity contribution in [1.82, 2.24) is 20.0 Å². The van der Waals surface area contributed by atoms with E-state index in [9.17, 15) is 22.4 Å². The van der Waals surface area contributed by atoms with E-state index in [0.29, 0.717) is 11.6 Å². The lowest BCUT2D eigenvalue weighted by atomic mass is 10.2. The van der Waals surface area contributed by atoms with Gasteiger partial charge >= 0.3 is 6.18 Å². The van der Waals surface area contributed by atoms with Crippen molar-refractivity contribution in [2.75, 3.05) is 5.32 Å². The van der Waals surface area contributed by atoms with Gasteiger partial charge in [0.15, 0.2) is 11.5 Å². The number of amides is 1. The molecule has 2 heterocycles. The number of hydrogen-bond acceptors (Lipinski definition) is 3. The Morgan fingerprint density at radius 3 is 2.72 bits per heavy atom. The zero-order valence-corrected chi connectivity index (χ0v) is 12.5. The van der Waals surface area contributed by atoms with Crippen LogP contribution < -0.4 is 5.32 Å². The van der Waals surface area contributed by atoms with Crippen molar-refractivity contribution >= 4 is 11.7 Å². The summed E-state index contributed by atoms with van der Waals surface area (Å²) in [5.41, 5.74) is -0.857. The average molecular weight is 353 g/mol. The molecule has 0 saturated carbocycles. The Hall–Kier alpha value is -3.17. The molecule has 25 heavy (non-hydrogen) atoms. The van der Waals surface area contributed by atoms with E-state index in [-0.39, 0.29) is 18.2 Å². The smallest absolute Gasteiger partial charge is 0.304 e. The second-order valence-electron chi connectivity index (χ2n) is 5.15. The lowest BCUT2D eigenvalue weighted by molar-refractivity contribution is -0.141. The van der Waals surface area contributed by atoms with Crippen LogP contribution in [0.2, 0.25) is 0 Å². The normalized spacial score (nSPS) is 11.5. The molecule has 0 atom stereocenters. The third-order valence-electron chi connectivity index (χ3n) is 3.23. The molecule has 1 amide bonds. The number of halogens is 4. The number of H-pyrrole nitrogens is 1. The first kappa shape index (κ1) is 16.7. The first-order valence-corrected chi connectivity index (χ1v) is 7.03. The number of aromatic nitrogens is 4. The second kappa shape index (κ2) is 6.38. The van der Waals surface area contributed by atoms with Crippen LogP contribution in [0.15, 0.2) is 42.6 Å². The fourth-order valence-electron chi connectivity index (χ4n) is 2.10. The van der Waals surface area contributed by atoms with E-state index in [1.165, 1.54) is 22.9 Å². The number of nitrogens with one attached hydrogen (secondary N) is 2. The monoisotopic (exact) mass is 353 g/mol. The van der Waals surface area contributed by atoms with Gasteiger partial charge < -0.3 is 5.32 Å². The number of nitrogens with zero attached hydrogens (tertiary/aromatic N) is 3. The molecule has 10 heteroatoms. The van der Waals surface area contributed by atoms with E-state index in [1.54, 1.807) is 23.4 Å². The van der Waals surface area contributed by atoms with Gasteiger partial charge in [0, 0.05) is 18.3 Å². The summed E-state index contributed by atoms with van der Waals surface area (Å²) in [6, 6.07) is 8.02. The van der Waals surface area contributed by atoms with Gasteiger partial charge in [-0.3, -0.25) is 14.6 Å². The number of alkyl halides is 3. The van der Waals surface area contributed by atoms with Gasteiger partial charge in [-0.05, 0) is 17.7 Å². The van der Waals surface area contributed by atoms with Gasteiger partial charge in [-0.15, -0.1) is 0 Å². The highest BCUT2D eigenvalue weighted by atomic mass is 19.4. The first-order valence-electron chi connectivity index (χ1n) is 7.03. The highest BCUT2D eigenvalue weighted by Crippen LogP contribution is 2.27. The van der Waals surface area contributed by atoms with Crippen molar-refractivity contribution < 1.29 is 22.4 Å². The van der Waals surface area contributed by atoms with Gasteiger partial charge in [-0.1, -0.05) is 12.1 Å². The molecule has 0 unspecified atom stereocenters. The Bertz CT molecular complexity index is 899. The minimum atomic E-state index is -4.61. The van der Waals surface area contributed by atoms with Crippen molar-refractivity contribution in [1.29, 1.82) is 0 Å². The molecule has 3 aromatic rings. The number of benzene rings is 1. The Morgan fingerprint density at radius 1 is 1.24 bits per heavy atom. The maximum Gasteiger partial charge on any atom is 0.432 e. The molecule has 0 aliphatic heterocycles. The number of rotatable bonds is 4. The molecular weight excluding hydrogens is 342 g/mol. The standard InChI is InChI=1S/C15H11F4N5O/c16-10-3-1-2-9(6-10)8-24-5-4-13(23-24)20-14(25)11-7-12(22-21-11)15(17,18)19/h1-7H,8H2,(H,21,22)(H,20,23,25). The van der Waals surface area contributed by atoms with E-state index < -0.39 is 23.5 Å². The molecule has 0 fully saturated rings. The summed E-state index contributed by atoms with van der Waals surface area (Å²) in [6.45, 7) is 0.272. The topological polar surface area (TPSA) is 75.6 Å². The third kappa shape index (κ3) is 4.03. The summed E-state index contributed by atoms with van der Waals surface area (Å²) in [6.07, 6.45) is -3.07. The molecule has 6 nitrogen and oxygen atoms in total. The molecular formula is C15H11F4N5O. The number of anilines is 1. The van der Waals surface area contributed by atoms with Crippen LogP contribution in [0.1, 0.15) is 21.7 Å². The molecule has 1 aromatic carbocycles. The van der Waals surface area contributed by atoms with Crippen LogP contribution in [0.5, 0.6) is 0 Å². The SMILES string of the molecule is O=C(Nc1ccn(Cc2cccc(F)c2)n1)c1cc(C(F)(F)F)[nH]n1. The predicted octanol–water partition coefficient (Wildman–Crippen LogP) is 3.06. The predicted molar refractivity (Wildman–Crippen MR) is 79.3 cm³/mol. The molecule has 2 N–H and O–H groups in total. The molecule has 0 saturated heterocycles. The molecule has 0 bridgehead atoms. The second-order valence-corrected chi connectivity index (χ2v) is 5.15. The van der Waals surface area contributed by atoms with Crippen molar-refractivity contribution in [3.63, 3.8) is 0 Å². The number of carbonyl (C=O) groups is 1. The van der Waals surface area contributed by atoms with Crippen LogP contribution >= 0.6 is 0 Å². The number of hydrogen-bond donors (Lipinski definition) is 2. The number of carbonyl (C=O) groups excluding carboxylic acids is 1. The molecule has 0 aliphatic carbocycles. The van der Waals surface area contributed by atoms with E-state index >= 15 is 0 Å². The fourth-order valence-corrected chi connectivity index (χ4v) is 2.10. The minimum Gasteiger partial charge on any atom is -0.304 e. The first-order chi connectivity index (χ1) is 11.8. The lowest BCUT2D eigenvalue weighted by Gasteiger charge is -2.02. The van der Waals surface area contributed by atoms with Crippen molar-refractivity contribution in [2.24, 2.45) is 0 Å². The fraction of sp³-hybridized carbons (Fsp3) is 0.133. The Balaban J connectivity index is 1.66. The molecule has 130 valence electrons. The Kier molecular flexibility index (Phi) is 4.26. The van der Waals surface area contributed by atoms with Gasteiger partial charge in [-0.2, -0.15) is 23.4 Å². The number of aromatic amines is 1. The van der Waals surface area contributed by atoms with E-state index in [0.717, 1.165) is 0 Å². The van der Waals surface area contributed by atoms with Gasteiger partial charge in [0.1, 0.15) is 11.5 Å². The van der Waals surface area contributed by atoms with Gasteiger partial charge in [0.05, 0.1) is 6.54 Å². The van der Waals surface area contributed by atoms with Gasteiger partial charge in [0.25, 0.3) is 5.91 Å². The van der Waals surface area contributed by atoms with E-state index in [4.69, 9.17) is 0 Å². The van der Waals surface area contributed by atoms with Gasteiger partial charge in [0.2, 0.25) is 0 Å². The third-order valence-corrected chi connectivity index (χ3v) is 3.23.